The van der Waals surface area contributed by atoms with Crippen LogP contribution < -0.4 is 14.2 Å². The van der Waals surface area contributed by atoms with Gasteiger partial charge in [0.1, 0.15) is 17.9 Å². The molecule has 39 heavy (non-hydrogen) atoms. The van der Waals surface area contributed by atoms with Crippen LogP contribution in [0.1, 0.15) is 106 Å². The van der Waals surface area contributed by atoms with E-state index in [0.717, 1.165) is 48.6 Å². The van der Waals surface area contributed by atoms with E-state index < -0.39 is 0 Å². The number of para-hydroxylation sites is 1. The third kappa shape index (κ3) is 10.5. The second-order valence-corrected chi connectivity index (χ2v) is 10.7. The lowest BCUT2D eigenvalue weighted by molar-refractivity contribution is -0.697. The maximum atomic E-state index is 13.7. The van der Waals surface area contributed by atoms with Gasteiger partial charge in [-0.1, -0.05) is 95.9 Å². The van der Waals surface area contributed by atoms with Crippen LogP contribution in [0.4, 0.5) is 5.69 Å². The van der Waals surface area contributed by atoms with Gasteiger partial charge in [0, 0.05) is 18.2 Å². The van der Waals surface area contributed by atoms with Crippen LogP contribution in [0.2, 0.25) is 0 Å². The number of anilines is 1. The van der Waals surface area contributed by atoms with Crippen molar-refractivity contribution in [3.8, 4) is 5.75 Å². The molecule has 0 spiro atoms. The summed E-state index contributed by atoms with van der Waals surface area (Å²) in [5, 5.41) is 0. The number of rotatable bonds is 18. The van der Waals surface area contributed by atoms with E-state index in [1.807, 2.05) is 65.8 Å². The first kappa shape index (κ1) is 30.4. The fourth-order valence-corrected chi connectivity index (χ4v) is 4.98. The van der Waals surface area contributed by atoms with Gasteiger partial charge >= 0.3 is 0 Å². The molecule has 0 aliphatic carbocycles. The fourth-order valence-electron chi connectivity index (χ4n) is 4.98. The Bertz CT molecular complexity index is 1110. The normalized spacial score (nSPS) is 10.9. The van der Waals surface area contributed by atoms with Crippen molar-refractivity contribution < 1.29 is 14.1 Å². The van der Waals surface area contributed by atoms with Gasteiger partial charge in [0.15, 0.2) is 12.4 Å². The van der Waals surface area contributed by atoms with Crippen molar-refractivity contribution in [1.82, 2.24) is 0 Å². The Labute approximate surface area is 237 Å². The van der Waals surface area contributed by atoms with Crippen LogP contribution in [0, 0.1) is 6.92 Å². The van der Waals surface area contributed by atoms with E-state index in [1.54, 1.807) is 0 Å². The molecule has 1 aromatic heterocycles. The maximum absolute atomic E-state index is 13.7. The average Bonchev–Trinajstić information content (AvgIpc) is 2.96. The minimum Gasteiger partial charge on any atom is -0.494 e. The third-order valence-electron chi connectivity index (χ3n) is 7.31. The largest absolute Gasteiger partial charge is 0.494 e. The number of nitrogens with zero attached hydrogens (tertiary/aromatic N) is 2. The van der Waals surface area contributed by atoms with Crippen molar-refractivity contribution in [1.29, 1.82) is 0 Å². The molecule has 0 saturated carbocycles. The number of hydrogen-bond donors (Lipinski definition) is 0. The van der Waals surface area contributed by atoms with E-state index in [4.69, 9.17) is 4.74 Å². The molecule has 210 valence electrons. The zero-order chi connectivity index (χ0) is 27.7. The van der Waals surface area contributed by atoms with Crippen LogP contribution in [0.3, 0.4) is 0 Å². The van der Waals surface area contributed by atoms with E-state index in [2.05, 4.69) is 37.5 Å². The molecule has 0 aliphatic rings. The molecule has 3 aromatic rings. The Morgan fingerprint density at radius 3 is 2.15 bits per heavy atom. The van der Waals surface area contributed by atoms with Crippen LogP contribution in [-0.4, -0.2) is 12.5 Å². The van der Waals surface area contributed by atoms with Crippen molar-refractivity contribution >= 4 is 11.6 Å². The minimum absolute atomic E-state index is 0.00680. The first-order valence-electron chi connectivity index (χ1n) is 15.2. The summed E-state index contributed by atoms with van der Waals surface area (Å²) in [5.41, 5.74) is 3.85. The fraction of sp³-hybridized carbons (Fsp3) is 0.486. The Morgan fingerprint density at radius 1 is 0.795 bits per heavy atom. The van der Waals surface area contributed by atoms with Crippen molar-refractivity contribution in [2.75, 3.05) is 11.5 Å². The molecule has 4 nitrogen and oxygen atoms in total. The molecule has 0 unspecified atom stereocenters. The Hall–Kier alpha value is -3.14. The number of carbonyl (C=O) groups is 1. The molecular weight excluding hydrogens is 480 g/mol. The number of carbonyl (C=O) groups excluding carboxylic acids is 1. The quantitative estimate of drug-likeness (QED) is 0.122. The van der Waals surface area contributed by atoms with Gasteiger partial charge in [0.25, 0.3) is 5.91 Å². The van der Waals surface area contributed by atoms with E-state index in [-0.39, 0.29) is 5.91 Å². The number of benzene rings is 2. The zero-order valence-corrected chi connectivity index (χ0v) is 24.5. The van der Waals surface area contributed by atoms with Gasteiger partial charge in [-0.2, -0.15) is 0 Å². The molecule has 0 aliphatic heterocycles. The standard InChI is InChI=1S/C35H49N2O2/c1-4-6-7-8-9-10-11-12-13-17-26-39-34-23-22-31(30(3)27-34)29-37(33-20-15-14-16-21-33)35(38)32-19-18-25-36(28-32)24-5-2/h14-16,18-23,25,27-28H,4-13,17,24,26,29H2,1-3H3/q+1. The van der Waals surface area contributed by atoms with Crippen LogP contribution in [0.15, 0.2) is 73.1 Å². The topological polar surface area (TPSA) is 33.4 Å². The summed E-state index contributed by atoms with van der Waals surface area (Å²) in [4.78, 5) is 15.6. The lowest BCUT2D eigenvalue weighted by Crippen LogP contribution is -2.36. The Kier molecular flexibility index (Phi) is 13.6. The highest BCUT2D eigenvalue weighted by atomic mass is 16.5. The summed E-state index contributed by atoms with van der Waals surface area (Å²) in [5.74, 6) is 0.917. The van der Waals surface area contributed by atoms with Crippen molar-refractivity contribution in [2.24, 2.45) is 0 Å². The van der Waals surface area contributed by atoms with Crippen LogP contribution in [0.25, 0.3) is 0 Å². The average molecular weight is 530 g/mol. The number of amides is 1. The number of unbranched alkanes of at least 4 members (excludes halogenated alkanes) is 9. The molecular formula is C35H49N2O2+. The van der Waals surface area contributed by atoms with Gasteiger partial charge in [-0.15, -0.1) is 0 Å². The molecule has 0 bridgehead atoms. The number of aromatic nitrogens is 1. The minimum atomic E-state index is 0.00680. The number of pyridine rings is 1. The van der Waals surface area contributed by atoms with Crippen LogP contribution in [-0.2, 0) is 13.1 Å². The maximum Gasteiger partial charge on any atom is 0.264 e. The van der Waals surface area contributed by atoms with Gasteiger partial charge < -0.3 is 9.64 Å². The molecule has 1 heterocycles. The molecule has 4 heteroatoms. The monoisotopic (exact) mass is 529 g/mol. The van der Waals surface area contributed by atoms with Crippen LogP contribution >= 0.6 is 0 Å². The third-order valence-corrected chi connectivity index (χ3v) is 7.31. The molecule has 2 aromatic carbocycles. The van der Waals surface area contributed by atoms with E-state index in [0.29, 0.717) is 12.1 Å². The summed E-state index contributed by atoms with van der Waals surface area (Å²) < 4.78 is 8.16. The van der Waals surface area contributed by atoms with Crippen molar-refractivity contribution in [2.45, 2.75) is 104 Å². The number of ether oxygens (including phenoxy) is 1. The second kappa shape index (κ2) is 17.4. The summed E-state index contributed by atoms with van der Waals surface area (Å²) in [6, 6.07) is 20.1. The van der Waals surface area contributed by atoms with Crippen LogP contribution in [0.5, 0.6) is 5.75 Å². The number of hydrogen-bond acceptors (Lipinski definition) is 2. The van der Waals surface area contributed by atoms with Gasteiger partial charge in [0.2, 0.25) is 0 Å². The second-order valence-electron chi connectivity index (χ2n) is 10.7. The summed E-state index contributed by atoms with van der Waals surface area (Å²) in [6.45, 7) is 8.69. The molecule has 0 fully saturated rings. The van der Waals surface area contributed by atoms with Gasteiger partial charge in [0.05, 0.1) is 13.2 Å². The summed E-state index contributed by atoms with van der Waals surface area (Å²) >= 11 is 0. The Balaban J connectivity index is 1.54. The highest BCUT2D eigenvalue weighted by Crippen LogP contribution is 2.24. The first-order chi connectivity index (χ1) is 19.1. The molecule has 0 atom stereocenters. The lowest BCUT2D eigenvalue weighted by atomic mass is 10.1. The molecule has 0 radical (unpaired) electrons. The summed E-state index contributed by atoms with van der Waals surface area (Å²) in [7, 11) is 0. The smallest absolute Gasteiger partial charge is 0.264 e. The highest BCUT2D eigenvalue weighted by molar-refractivity contribution is 6.05. The predicted octanol–water partition coefficient (Wildman–Crippen LogP) is 8.84. The molecule has 3 rings (SSSR count). The highest BCUT2D eigenvalue weighted by Gasteiger charge is 2.21. The summed E-state index contributed by atoms with van der Waals surface area (Å²) in [6.07, 6.45) is 18.2. The molecule has 1 amide bonds. The number of aryl methyl sites for hydroxylation is 2. The molecule has 0 N–H and O–H groups in total. The van der Waals surface area contributed by atoms with E-state index in [1.165, 1.54) is 57.8 Å². The van der Waals surface area contributed by atoms with Crippen molar-refractivity contribution in [3.05, 3.63) is 89.7 Å². The SMILES string of the molecule is CCCCCCCCCCCCOc1ccc(CN(C(=O)c2ccc[n+](CCC)c2)c2ccccc2)c(C)c1. The first-order valence-corrected chi connectivity index (χ1v) is 15.2. The van der Waals surface area contributed by atoms with Gasteiger partial charge in [-0.25, -0.2) is 4.57 Å². The van der Waals surface area contributed by atoms with Crippen molar-refractivity contribution in [3.63, 3.8) is 0 Å². The van der Waals surface area contributed by atoms with E-state index >= 15 is 0 Å². The zero-order valence-electron chi connectivity index (χ0n) is 24.5. The van der Waals surface area contributed by atoms with Gasteiger partial charge in [-0.05, 0) is 54.8 Å². The van der Waals surface area contributed by atoms with E-state index in [9.17, 15) is 4.79 Å². The lowest BCUT2D eigenvalue weighted by Gasteiger charge is -2.24. The van der Waals surface area contributed by atoms with Gasteiger partial charge in [-0.3, -0.25) is 4.79 Å². The molecule has 0 saturated heterocycles. The predicted molar refractivity (Wildman–Crippen MR) is 162 cm³/mol. The Morgan fingerprint density at radius 2 is 1.49 bits per heavy atom.